The van der Waals surface area contributed by atoms with Crippen molar-refractivity contribution < 1.29 is 5.11 Å². The Morgan fingerprint density at radius 1 is 1.33 bits per heavy atom. The van der Waals surface area contributed by atoms with Gasteiger partial charge in [0.15, 0.2) is 0 Å². The van der Waals surface area contributed by atoms with E-state index in [0.29, 0.717) is 6.04 Å². The summed E-state index contributed by atoms with van der Waals surface area (Å²) in [5.74, 6) is 0. The Morgan fingerprint density at radius 3 is 2.72 bits per heavy atom. The Morgan fingerprint density at radius 2 is 2.06 bits per heavy atom. The van der Waals surface area contributed by atoms with Crippen molar-refractivity contribution in [3.05, 3.63) is 35.9 Å². The topological polar surface area (TPSA) is 35.5 Å². The Hall–Kier alpha value is -0.900. The zero-order valence-corrected chi connectivity index (χ0v) is 11.4. The van der Waals surface area contributed by atoms with Crippen molar-refractivity contribution in [3.8, 4) is 0 Å². The first-order valence-corrected chi connectivity index (χ1v) is 6.76. The molecular weight excluding hydrogens is 224 g/mol. The molecule has 3 heteroatoms. The lowest BCUT2D eigenvalue weighted by Gasteiger charge is -2.48. The van der Waals surface area contributed by atoms with Crippen LogP contribution < -0.4 is 5.32 Å². The number of aliphatic hydroxyl groups is 1. The SMILES string of the molecule is CC1(C)CNCC(CCO)N1Cc1ccccc1. The second-order valence-corrected chi connectivity index (χ2v) is 5.72. The molecule has 0 aliphatic carbocycles. The second kappa shape index (κ2) is 5.83. The Kier molecular flexibility index (Phi) is 4.38. The molecule has 0 bridgehead atoms. The van der Waals surface area contributed by atoms with Gasteiger partial charge in [-0.05, 0) is 25.8 Å². The predicted octanol–water partition coefficient (Wildman–Crippen LogP) is 1.62. The van der Waals surface area contributed by atoms with Crippen molar-refractivity contribution in [2.75, 3.05) is 19.7 Å². The van der Waals surface area contributed by atoms with E-state index < -0.39 is 0 Å². The van der Waals surface area contributed by atoms with Crippen LogP contribution in [0.5, 0.6) is 0 Å². The van der Waals surface area contributed by atoms with Crippen molar-refractivity contribution in [2.24, 2.45) is 0 Å². The lowest BCUT2D eigenvalue weighted by Crippen LogP contribution is -2.62. The highest BCUT2D eigenvalue weighted by atomic mass is 16.3. The average molecular weight is 248 g/mol. The molecule has 0 spiro atoms. The molecule has 0 aromatic heterocycles. The minimum Gasteiger partial charge on any atom is -0.396 e. The van der Waals surface area contributed by atoms with Gasteiger partial charge in [-0.15, -0.1) is 0 Å². The van der Waals surface area contributed by atoms with Crippen LogP contribution in [0.25, 0.3) is 0 Å². The Bertz CT molecular complexity index is 362. The van der Waals surface area contributed by atoms with Crippen molar-refractivity contribution in [3.63, 3.8) is 0 Å². The van der Waals surface area contributed by atoms with Crippen LogP contribution in [-0.2, 0) is 6.54 Å². The molecule has 1 aromatic rings. The van der Waals surface area contributed by atoms with Crippen LogP contribution in [0.4, 0.5) is 0 Å². The largest absolute Gasteiger partial charge is 0.396 e. The van der Waals surface area contributed by atoms with Crippen LogP contribution in [0.1, 0.15) is 25.8 Å². The van der Waals surface area contributed by atoms with Gasteiger partial charge in [-0.2, -0.15) is 0 Å². The minimum absolute atomic E-state index is 0.133. The summed E-state index contributed by atoms with van der Waals surface area (Å²) in [6, 6.07) is 11.0. The Labute approximate surface area is 110 Å². The third-order valence-corrected chi connectivity index (χ3v) is 3.81. The minimum atomic E-state index is 0.133. The molecule has 1 unspecified atom stereocenters. The summed E-state index contributed by atoms with van der Waals surface area (Å²) in [5.41, 5.74) is 1.48. The normalized spacial score (nSPS) is 24.1. The number of hydrogen-bond acceptors (Lipinski definition) is 3. The number of piperazine rings is 1. The molecule has 1 fully saturated rings. The van der Waals surface area contributed by atoms with Crippen molar-refractivity contribution in [1.82, 2.24) is 10.2 Å². The van der Waals surface area contributed by atoms with Crippen LogP contribution >= 0.6 is 0 Å². The molecule has 0 radical (unpaired) electrons. The van der Waals surface area contributed by atoms with Crippen molar-refractivity contribution in [1.29, 1.82) is 0 Å². The number of nitrogens with one attached hydrogen (secondary N) is 1. The summed E-state index contributed by atoms with van der Waals surface area (Å²) in [4.78, 5) is 2.52. The highest BCUT2D eigenvalue weighted by Gasteiger charge is 2.35. The highest BCUT2D eigenvalue weighted by Crippen LogP contribution is 2.25. The first-order valence-electron chi connectivity index (χ1n) is 6.76. The summed E-state index contributed by atoms with van der Waals surface area (Å²) in [6.45, 7) is 7.73. The maximum Gasteiger partial charge on any atom is 0.0446 e. The molecule has 2 N–H and O–H groups in total. The molecule has 1 aromatic carbocycles. The lowest BCUT2D eigenvalue weighted by atomic mass is 9.94. The van der Waals surface area contributed by atoms with Crippen LogP contribution in [0.15, 0.2) is 30.3 Å². The van der Waals surface area contributed by atoms with Gasteiger partial charge in [0.2, 0.25) is 0 Å². The molecule has 0 saturated carbocycles. The van der Waals surface area contributed by atoms with Gasteiger partial charge in [-0.1, -0.05) is 30.3 Å². The van der Waals surface area contributed by atoms with E-state index in [9.17, 15) is 5.11 Å². The van der Waals surface area contributed by atoms with Gasteiger partial charge in [-0.3, -0.25) is 4.90 Å². The average Bonchev–Trinajstić information content (AvgIpc) is 2.35. The van der Waals surface area contributed by atoms with E-state index >= 15 is 0 Å². The first-order chi connectivity index (χ1) is 8.63. The highest BCUT2D eigenvalue weighted by molar-refractivity contribution is 5.15. The molecule has 1 saturated heterocycles. The first kappa shape index (κ1) is 13.5. The van der Waals surface area contributed by atoms with Crippen LogP contribution in [0.3, 0.4) is 0 Å². The van der Waals surface area contributed by atoms with Gasteiger partial charge in [0, 0.05) is 37.8 Å². The van der Waals surface area contributed by atoms with Crippen LogP contribution in [0.2, 0.25) is 0 Å². The number of nitrogens with zero attached hydrogens (tertiary/aromatic N) is 1. The summed E-state index contributed by atoms with van der Waals surface area (Å²) < 4.78 is 0. The van der Waals surface area contributed by atoms with E-state index in [1.54, 1.807) is 0 Å². The van der Waals surface area contributed by atoms with E-state index in [-0.39, 0.29) is 12.1 Å². The fraction of sp³-hybridized carbons (Fsp3) is 0.600. The number of aliphatic hydroxyl groups excluding tert-OH is 1. The van der Waals surface area contributed by atoms with Crippen LogP contribution in [0, 0.1) is 0 Å². The maximum absolute atomic E-state index is 9.22. The van der Waals surface area contributed by atoms with Gasteiger partial charge in [-0.25, -0.2) is 0 Å². The van der Waals surface area contributed by atoms with Crippen molar-refractivity contribution in [2.45, 2.75) is 38.4 Å². The predicted molar refractivity (Wildman–Crippen MR) is 74.4 cm³/mol. The molecule has 1 aliphatic rings. The third-order valence-electron chi connectivity index (χ3n) is 3.81. The second-order valence-electron chi connectivity index (χ2n) is 5.72. The van der Waals surface area contributed by atoms with Gasteiger partial charge >= 0.3 is 0 Å². The van der Waals surface area contributed by atoms with E-state index in [2.05, 4.69) is 54.4 Å². The molecule has 1 atom stereocenters. The van der Waals surface area contributed by atoms with E-state index in [0.717, 1.165) is 26.1 Å². The number of benzene rings is 1. The summed E-state index contributed by atoms with van der Waals surface area (Å²) in [7, 11) is 0. The summed E-state index contributed by atoms with van der Waals surface area (Å²) >= 11 is 0. The monoisotopic (exact) mass is 248 g/mol. The molecule has 0 amide bonds. The van der Waals surface area contributed by atoms with E-state index in [1.807, 2.05) is 0 Å². The molecule has 1 aliphatic heterocycles. The summed E-state index contributed by atoms with van der Waals surface area (Å²) in [5, 5.41) is 12.7. The lowest BCUT2D eigenvalue weighted by molar-refractivity contribution is 0.0181. The molecule has 1 heterocycles. The van der Waals surface area contributed by atoms with Crippen molar-refractivity contribution >= 4 is 0 Å². The molecule has 3 nitrogen and oxygen atoms in total. The zero-order valence-electron chi connectivity index (χ0n) is 11.4. The molecule has 100 valence electrons. The third kappa shape index (κ3) is 3.10. The standard InChI is InChI=1S/C15H24N2O/c1-15(2)12-16-10-14(8-9-18)17(15)11-13-6-4-3-5-7-13/h3-7,14,16,18H,8-12H2,1-2H3. The number of hydrogen-bond donors (Lipinski definition) is 2. The molecular formula is C15H24N2O. The van der Waals surface area contributed by atoms with Gasteiger partial charge in [0.25, 0.3) is 0 Å². The quantitative estimate of drug-likeness (QED) is 0.850. The maximum atomic E-state index is 9.22. The zero-order chi connectivity index (χ0) is 13.0. The van der Waals surface area contributed by atoms with Gasteiger partial charge in [0.05, 0.1) is 0 Å². The summed E-state index contributed by atoms with van der Waals surface area (Å²) in [6.07, 6.45) is 0.837. The smallest absolute Gasteiger partial charge is 0.0446 e. The van der Waals surface area contributed by atoms with Gasteiger partial charge < -0.3 is 10.4 Å². The van der Waals surface area contributed by atoms with Crippen LogP contribution in [-0.4, -0.2) is 41.3 Å². The van der Waals surface area contributed by atoms with E-state index in [1.165, 1.54) is 5.56 Å². The van der Waals surface area contributed by atoms with Gasteiger partial charge in [0.1, 0.15) is 0 Å². The molecule has 2 rings (SSSR count). The fourth-order valence-corrected chi connectivity index (χ4v) is 2.78. The Balaban J connectivity index is 2.13. The van der Waals surface area contributed by atoms with E-state index in [4.69, 9.17) is 0 Å². The fourth-order valence-electron chi connectivity index (χ4n) is 2.78. The number of rotatable bonds is 4. The molecule has 18 heavy (non-hydrogen) atoms.